The molecular weight excluding hydrogens is 202 g/mol. The van der Waals surface area contributed by atoms with Crippen LogP contribution in [0.5, 0.6) is 0 Å². The van der Waals surface area contributed by atoms with Crippen LogP contribution in [0.3, 0.4) is 0 Å². The fourth-order valence-electron chi connectivity index (χ4n) is 2.38. The summed E-state index contributed by atoms with van der Waals surface area (Å²) in [6, 6.07) is 8.70. The first-order valence-corrected chi connectivity index (χ1v) is 6.38. The largest absolute Gasteiger partial charge is 0.350 e. The second kappa shape index (κ2) is 3.05. The lowest BCUT2D eigenvalue weighted by atomic mass is 9.96. The predicted molar refractivity (Wildman–Crippen MR) is 67.3 cm³/mol. The van der Waals surface area contributed by atoms with Gasteiger partial charge in [0, 0.05) is 28.9 Å². The summed E-state index contributed by atoms with van der Waals surface area (Å²) in [5, 5.41) is 1.43. The number of benzene rings is 1. The standard InChI is InChI=1S/C13H15NS/c1-13(7-8-15-13)11-9-14(2)12-6-4-3-5-10(11)12/h3-6,9H,7-8H2,1-2H3. The summed E-state index contributed by atoms with van der Waals surface area (Å²) in [7, 11) is 2.14. The van der Waals surface area contributed by atoms with Gasteiger partial charge in [0.1, 0.15) is 0 Å². The summed E-state index contributed by atoms with van der Waals surface area (Å²) in [5.74, 6) is 1.31. The van der Waals surface area contributed by atoms with Gasteiger partial charge in [0.2, 0.25) is 0 Å². The van der Waals surface area contributed by atoms with Crippen molar-refractivity contribution in [1.82, 2.24) is 4.57 Å². The van der Waals surface area contributed by atoms with Crippen molar-refractivity contribution in [3.63, 3.8) is 0 Å². The molecule has 0 bridgehead atoms. The summed E-state index contributed by atoms with van der Waals surface area (Å²) < 4.78 is 2.61. The highest BCUT2D eigenvalue weighted by molar-refractivity contribution is 8.01. The summed E-state index contributed by atoms with van der Waals surface area (Å²) in [4.78, 5) is 0. The van der Waals surface area contributed by atoms with Crippen LogP contribution < -0.4 is 0 Å². The Labute approximate surface area is 94.5 Å². The van der Waals surface area contributed by atoms with Crippen molar-refractivity contribution in [1.29, 1.82) is 0 Å². The normalized spacial score (nSPS) is 25.5. The Kier molecular flexibility index (Phi) is 1.90. The van der Waals surface area contributed by atoms with Crippen LogP contribution in [0.25, 0.3) is 10.9 Å². The Hall–Kier alpha value is -0.890. The molecule has 0 radical (unpaired) electrons. The molecule has 0 amide bonds. The van der Waals surface area contributed by atoms with Crippen molar-refractivity contribution in [2.45, 2.75) is 18.1 Å². The van der Waals surface area contributed by atoms with E-state index in [-0.39, 0.29) is 0 Å². The molecule has 1 aliphatic heterocycles. The molecule has 2 aromatic rings. The summed E-state index contributed by atoms with van der Waals surface area (Å²) in [5.41, 5.74) is 2.86. The Morgan fingerprint density at radius 3 is 2.73 bits per heavy atom. The highest BCUT2D eigenvalue weighted by Crippen LogP contribution is 2.50. The first-order chi connectivity index (χ1) is 7.21. The van der Waals surface area contributed by atoms with Crippen molar-refractivity contribution in [3.05, 3.63) is 36.0 Å². The molecule has 0 N–H and O–H groups in total. The van der Waals surface area contributed by atoms with Crippen molar-refractivity contribution in [2.75, 3.05) is 5.75 Å². The van der Waals surface area contributed by atoms with Crippen LogP contribution in [0.4, 0.5) is 0 Å². The van der Waals surface area contributed by atoms with E-state index in [0.717, 1.165) is 0 Å². The van der Waals surface area contributed by atoms with E-state index in [4.69, 9.17) is 0 Å². The fourth-order valence-corrected chi connectivity index (χ4v) is 3.52. The van der Waals surface area contributed by atoms with E-state index in [2.05, 4.69) is 60.8 Å². The minimum atomic E-state index is 0.362. The molecule has 0 aliphatic carbocycles. The van der Waals surface area contributed by atoms with Gasteiger partial charge in [-0.3, -0.25) is 0 Å². The molecule has 1 nitrogen and oxygen atoms in total. The van der Waals surface area contributed by atoms with E-state index >= 15 is 0 Å². The zero-order valence-electron chi connectivity index (χ0n) is 9.16. The first-order valence-electron chi connectivity index (χ1n) is 5.39. The molecule has 1 saturated heterocycles. The van der Waals surface area contributed by atoms with Crippen LogP contribution in [-0.2, 0) is 11.8 Å². The van der Waals surface area contributed by atoms with E-state index < -0.39 is 0 Å². The lowest BCUT2D eigenvalue weighted by Crippen LogP contribution is -2.27. The number of nitrogens with zero attached hydrogens (tertiary/aromatic N) is 1. The van der Waals surface area contributed by atoms with Gasteiger partial charge in [-0.05, 0) is 30.7 Å². The van der Waals surface area contributed by atoms with E-state index in [0.29, 0.717) is 4.75 Å². The van der Waals surface area contributed by atoms with Crippen LogP contribution in [-0.4, -0.2) is 10.3 Å². The predicted octanol–water partition coefficient (Wildman–Crippen LogP) is 3.53. The number of thioether (sulfide) groups is 1. The zero-order valence-corrected chi connectivity index (χ0v) is 9.97. The minimum absolute atomic E-state index is 0.362. The maximum Gasteiger partial charge on any atom is 0.0481 e. The average Bonchev–Trinajstić information content (AvgIpc) is 2.54. The van der Waals surface area contributed by atoms with Crippen molar-refractivity contribution in [3.8, 4) is 0 Å². The molecule has 3 rings (SSSR count). The molecule has 0 spiro atoms. The van der Waals surface area contributed by atoms with Gasteiger partial charge in [0.05, 0.1) is 0 Å². The maximum atomic E-state index is 2.36. The monoisotopic (exact) mass is 217 g/mol. The second-order valence-corrected chi connectivity index (χ2v) is 6.10. The van der Waals surface area contributed by atoms with Gasteiger partial charge in [-0.2, -0.15) is 11.8 Å². The molecule has 1 aliphatic rings. The van der Waals surface area contributed by atoms with Gasteiger partial charge < -0.3 is 4.57 Å². The van der Waals surface area contributed by atoms with E-state index in [9.17, 15) is 0 Å². The molecule has 15 heavy (non-hydrogen) atoms. The molecule has 1 unspecified atom stereocenters. The first kappa shape index (κ1) is 9.34. The average molecular weight is 217 g/mol. The quantitative estimate of drug-likeness (QED) is 0.707. The van der Waals surface area contributed by atoms with Crippen LogP contribution in [0.2, 0.25) is 0 Å². The maximum absolute atomic E-state index is 2.36. The molecule has 1 aromatic carbocycles. The third-order valence-corrected chi connectivity index (χ3v) is 4.94. The number of aryl methyl sites for hydroxylation is 1. The van der Waals surface area contributed by atoms with Gasteiger partial charge in [-0.25, -0.2) is 0 Å². The Bertz CT molecular complexity index is 508. The molecule has 2 heteroatoms. The molecule has 1 atom stereocenters. The van der Waals surface area contributed by atoms with E-state index in [1.807, 2.05) is 0 Å². The summed E-state index contributed by atoms with van der Waals surface area (Å²) >= 11 is 2.08. The van der Waals surface area contributed by atoms with Crippen molar-refractivity contribution >= 4 is 22.7 Å². The molecule has 1 fully saturated rings. The lowest BCUT2D eigenvalue weighted by molar-refractivity contribution is 0.628. The van der Waals surface area contributed by atoms with Gasteiger partial charge in [0.15, 0.2) is 0 Å². The third kappa shape index (κ3) is 1.24. The van der Waals surface area contributed by atoms with Gasteiger partial charge in [0.25, 0.3) is 0 Å². The number of para-hydroxylation sites is 1. The zero-order chi connectivity index (χ0) is 10.5. The number of hydrogen-bond acceptors (Lipinski definition) is 1. The molecule has 1 aromatic heterocycles. The summed E-state index contributed by atoms with van der Waals surface area (Å²) in [6.07, 6.45) is 3.61. The van der Waals surface area contributed by atoms with Crippen LogP contribution in [0.1, 0.15) is 18.9 Å². The third-order valence-electron chi connectivity index (χ3n) is 3.47. The van der Waals surface area contributed by atoms with E-state index in [1.54, 1.807) is 0 Å². The van der Waals surface area contributed by atoms with Crippen LogP contribution in [0, 0.1) is 0 Å². The van der Waals surface area contributed by atoms with Crippen molar-refractivity contribution < 1.29 is 0 Å². The van der Waals surface area contributed by atoms with Gasteiger partial charge in [-0.15, -0.1) is 0 Å². The smallest absolute Gasteiger partial charge is 0.0481 e. The molecule has 2 heterocycles. The summed E-state index contributed by atoms with van der Waals surface area (Å²) in [6.45, 7) is 2.36. The van der Waals surface area contributed by atoms with E-state index in [1.165, 1.54) is 28.6 Å². The highest BCUT2D eigenvalue weighted by atomic mass is 32.2. The molecule has 0 saturated carbocycles. The fraction of sp³-hybridized carbons (Fsp3) is 0.385. The second-order valence-electron chi connectivity index (χ2n) is 4.50. The topological polar surface area (TPSA) is 4.93 Å². The highest BCUT2D eigenvalue weighted by Gasteiger charge is 2.36. The number of hydrogen-bond donors (Lipinski definition) is 0. The Morgan fingerprint density at radius 2 is 2.07 bits per heavy atom. The molecule has 78 valence electrons. The van der Waals surface area contributed by atoms with Gasteiger partial charge >= 0.3 is 0 Å². The number of fused-ring (bicyclic) bond motifs is 1. The van der Waals surface area contributed by atoms with Gasteiger partial charge in [-0.1, -0.05) is 18.2 Å². The van der Waals surface area contributed by atoms with Crippen LogP contribution >= 0.6 is 11.8 Å². The number of aromatic nitrogens is 1. The Balaban J connectivity index is 2.27. The van der Waals surface area contributed by atoms with Crippen molar-refractivity contribution in [2.24, 2.45) is 7.05 Å². The number of rotatable bonds is 1. The molecular formula is C13H15NS. The lowest BCUT2D eigenvalue weighted by Gasteiger charge is -2.37. The minimum Gasteiger partial charge on any atom is -0.350 e. The SMILES string of the molecule is Cn1cc(C2(C)CCS2)c2ccccc21. The van der Waals surface area contributed by atoms with Crippen LogP contribution in [0.15, 0.2) is 30.5 Å². The Morgan fingerprint density at radius 1 is 1.33 bits per heavy atom.